The lowest BCUT2D eigenvalue weighted by molar-refractivity contribution is 0.151. The lowest BCUT2D eigenvalue weighted by atomic mass is 10.1. The fraction of sp³-hybridized carbons (Fsp3) is 0.286. The van der Waals surface area contributed by atoms with E-state index in [0.29, 0.717) is 10.9 Å². The molecule has 1 aromatic rings. The molecule has 0 aliphatic rings. The molecule has 0 aliphatic carbocycles. The molecule has 0 radical (unpaired) electrons. The van der Waals surface area contributed by atoms with Crippen molar-refractivity contribution in [3.8, 4) is 0 Å². The van der Waals surface area contributed by atoms with Crippen molar-refractivity contribution >= 4 is 21.6 Å². The highest BCUT2D eigenvalue weighted by atomic mass is 79.9. The Kier molecular flexibility index (Phi) is 2.97. The van der Waals surface area contributed by atoms with Crippen molar-refractivity contribution in [1.82, 2.24) is 4.98 Å². The summed E-state index contributed by atoms with van der Waals surface area (Å²) >= 11 is 3.08. The summed E-state index contributed by atoms with van der Waals surface area (Å²) in [4.78, 5) is 3.71. The van der Waals surface area contributed by atoms with E-state index in [9.17, 15) is 8.78 Å². The summed E-state index contributed by atoms with van der Waals surface area (Å²) in [6.07, 6.45) is 0.0702. The standard InChI is InChI=1S/C7H7BrF2N2/c8-1-4-2-12-3-5(11)6(4)7(9)10/h2-3,7H,1,11H2. The van der Waals surface area contributed by atoms with Gasteiger partial charge in [-0.1, -0.05) is 15.9 Å². The first-order valence-electron chi connectivity index (χ1n) is 3.23. The number of halogens is 3. The second-order valence-electron chi connectivity index (χ2n) is 2.24. The van der Waals surface area contributed by atoms with Gasteiger partial charge >= 0.3 is 0 Å². The van der Waals surface area contributed by atoms with E-state index in [1.54, 1.807) is 0 Å². The third kappa shape index (κ3) is 1.72. The summed E-state index contributed by atoms with van der Waals surface area (Å²) in [5, 5.41) is 0.338. The number of hydrogen-bond acceptors (Lipinski definition) is 2. The number of nitrogens with two attached hydrogens (primary N) is 1. The summed E-state index contributed by atoms with van der Waals surface area (Å²) in [5.74, 6) is 0. The van der Waals surface area contributed by atoms with E-state index in [1.165, 1.54) is 12.4 Å². The SMILES string of the molecule is Nc1cncc(CBr)c1C(F)F. The predicted molar refractivity (Wildman–Crippen MR) is 46.2 cm³/mol. The fourth-order valence-corrected chi connectivity index (χ4v) is 1.35. The van der Waals surface area contributed by atoms with Crippen LogP contribution < -0.4 is 5.73 Å². The molecule has 66 valence electrons. The Morgan fingerprint density at radius 2 is 2.17 bits per heavy atom. The lowest BCUT2D eigenvalue weighted by Crippen LogP contribution is -2.00. The monoisotopic (exact) mass is 236 g/mol. The molecule has 0 aromatic carbocycles. The van der Waals surface area contributed by atoms with Crippen molar-refractivity contribution < 1.29 is 8.78 Å². The number of nitrogen functional groups attached to an aromatic ring is 1. The van der Waals surface area contributed by atoms with Gasteiger partial charge < -0.3 is 5.73 Å². The summed E-state index contributed by atoms with van der Waals surface area (Å²) in [6.45, 7) is 0. The van der Waals surface area contributed by atoms with Crippen LogP contribution in [0.2, 0.25) is 0 Å². The first-order valence-corrected chi connectivity index (χ1v) is 4.35. The molecule has 0 bridgehead atoms. The minimum absolute atomic E-state index is 0.0435. The van der Waals surface area contributed by atoms with Crippen molar-refractivity contribution in [3.63, 3.8) is 0 Å². The molecule has 0 atom stereocenters. The van der Waals surface area contributed by atoms with Gasteiger partial charge in [-0.3, -0.25) is 4.98 Å². The van der Waals surface area contributed by atoms with Crippen LogP contribution in [0.1, 0.15) is 17.6 Å². The fourth-order valence-electron chi connectivity index (χ4n) is 0.905. The number of nitrogens with zero attached hydrogens (tertiary/aromatic N) is 1. The third-order valence-electron chi connectivity index (χ3n) is 1.46. The van der Waals surface area contributed by atoms with E-state index >= 15 is 0 Å². The normalized spacial score (nSPS) is 10.7. The van der Waals surface area contributed by atoms with E-state index in [1.807, 2.05) is 0 Å². The molecular formula is C7H7BrF2N2. The van der Waals surface area contributed by atoms with Gasteiger partial charge in [0.25, 0.3) is 6.43 Å². The quantitative estimate of drug-likeness (QED) is 0.802. The van der Waals surface area contributed by atoms with Crippen LogP contribution in [0.25, 0.3) is 0 Å². The van der Waals surface area contributed by atoms with E-state index in [-0.39, 0.29) is 11.3 Å². The minimum atomic E-state index is -2.54. The van der Waals surface area contributed by atoms with Crippen molar-refractivity contribution in [2.45, 2.75) is 11.8 Å². The molecule has 0 amide bonds. The van der Waals surface area contributed by atoms with Gasteiger partial charge in [-0.05, 0) is 5.56 Å². The first-order chi connectivity index (χ1) is 5.66. The van der Waals surface area contributed by atoms with Crippen LogP contribution in [-0.2, 0) is 5.33 Å². The second-order valence-corrected chi connectivity index (χ2v) is 2.80. The maximum Gasteiger partial charge on any atom is 0.266 e. The average Bonchev–Trinajstić information content (AvgIpc) is 2.03. The van der Waals surface area contributed by atoms with E-state index in [0.717, 1.165) is 0 Å². The zero-order valence-corrected chi connectivity index (χ0v) is 7.68. The van der Waals surface area contributed by atoms with Crippen LogP contribution in [-0.4, -0.2) is 4.98 Å². The number of hydrogen-bond donors (Lipinski definition) is 1. The van der Waals surface area contributed by atoms with Gasteiger partial charge in [0.15, 0.2) is 0 Å². The maximum absolute atomic E-state index is 12.3. The molecule has 1 rings (SSSR count). The molecule has 1 aromatic heterocycles. The van der Waals surface area contributed by atoms with Gasteiger partial charge in [0.2, 0.25) is 0 Å². The Labute approximate surface area is 76.9 Å². The van der Waals surface area contributed by atoms with Crippen LogP contribution in [0, 0.1) is 0 Å². The number of anilines is 1. The van der Waals surface area contributed by atoms with Crippen LogP contribution >= 0.6 is 15.9 Å². The molecule has 0 saturated heterocycles. The topological polar surface area (TPSA) is 38.9 Å². The molecule has 12 heavy (non-hydrogen) atoms. The number of pyridine rings is 1. The Hall–Kier alpha value is -0.710. The zero-order chi connectivity index (χ0) is 9.14. The Balaban J connectivity index is 3.20. The van der Waals surface area contributed by atoms with Crippen LogP contribution in [0.3, 0.4) is 0 Å². The average molecular weight is 237 g/mol. The number of rotatable bonds is 2. The minimum Gasteiger partial charge on any atom is -0.397 e. The van der Waals surface area contributed by atoms with Gasteiger partial charge in [0, 0.05) is 17.1 Å². The van der Waals surface area contributed by atoms with Gasteiger partial charge in [0.1, 0.15) is 0 Å². The zero-order valence-electron chi connectivity index (χ0n) is 6.10. The lowest BCUT2D eigenvalue weighted by Gasteiger charge is -2.07. The van der Waals surface area contributed by atoms with E-state index < -0.39 is 6.43 Å². The second kappa shape index (κ2) is 3.80. The predicted octanol–water partition coefficient (Wildman–Crippen LogP) is 2.50. The highest BCUT2D eigenvalue weighted by Crippen LogP contribution is 2.28. The van der Waals surface area contributed by atoms with Crippen LogP contribution in [0.5, 0.6) is 0 Å². The summed E-state index contributed by atoms with van der Waals surface area (Å²) in [7, 11) is 0. The van der Waals surface area contributed by atoms with Crippen molar-refractivity contribution in [1.29, 1.82) is 0 Å². The number of aromatic nitrogens is 1. The molecule has 0 unspecified atom stereocenters. The molecule has 2 nitrogen and oxygen atoms in total. The molecule has 2 N–H and O–H groups in total. The van der Waals surface area contributed by atoms with Crippen molar-refractivity contribution in [2.75, 3.05) is 5.73 Å². The molecular weight excluding hydrogens is 230 g/mol. The van der Waals surface area contributed by atoms with Gasteiger partial charge in [-0.2, -0.15) is 0 Å². The molecule has 1 heterocycles. The van der Waals surface area contributed by atoms with Gasteiger partial charge in [-0.15, -0.1) is 0 Å². The summed E-state index contributed by atoms with van der Waals surface area (Å²) in [6, 6.07) is 0. The molecule has 0 aliphatic heterocycles. The Bertz CT molecular complexity index is 278. The van der Waals surface area contributed by atoms with Crippen molar-refractivity contribution in [3.05, 3.63) is 23.5 Å². The third-order valence-corrected chi connectivity index (χ3v) is 2.07. The largest absolute Gasteiger partial charge is 0.397 e. The molecule has 0 saturated carbocycles. The van der Waals surface area contributed by atoms with Gasteiger partial charge in [0.05, 0.1) is 11.9 Å². The maximum atomic E-state index is 12.3. The smallest absolute Gasteiger partial charge is 0.266 e. The highest BCUT2D eigenvalue weighted by Gasteiger charge is 2.15. The Morgan fingerprint density at radius 3 is 2.58 bits per heavy atom. The molecule has 0 spiro atoms. The summed E-state index contributed by atoms with van der Waals surface area (Å²) < 4.78 is 24.7. The van der Waals surface area contributed by atoms with Crippen molar-refractivity contribution in [2.24, 2.45) is 0 Å². The van der Waals surface area contributed by atoms with Crippen LogP contribution in [0.4, 0.5) is 14.5 Å². The Morgan fingerprint density at radius 1 is 1.50 bits per heavy atom. The van der Waals surface area contributed by atoms with Crippen LogP contribution in [0.15, 0.2) is 12.4 Å². The van der Waals surface area contributed by atoms with E-state index in [4.69, 9.17) is 5.73 Å². The highest BCUT2D eigenvalue weighted by molar-refractivity contribution is 9.08. The molecule has 5 heteroatoms. The van der Waals surface area contributed by atoms with Gasteiger partial charge in [-0.25, -0.2) is 8.78 Å². The first kappa shape index (κ1) is 9.38. The van der Waals surface area contributed by atoms with E-state index in [2.05, 4.69) is 20.9 Å². The molecule has 0 fully saturated rings. The summed E-state index contributed by atoms with van der Waals surface area (Å²) in [5.41, 5.74) is 5.69. The number of alkyl halides is 3.